The number of likely N-dealkylation sites (N-methyl/N-ethyl adjacent to an activating group) is 2. The van der Waals surface area contributed by atoms with Crippen molar-refractivity contribution in [3.05, 3.63) is 89.5 Å². The van der Waals surface area contributed by atoms with Crippen LogP contribution in [-0.2, 0) is 21.7 Å². The minimum Gasteiger partial charge on any atom is -0.497 e. The van der Waals surface area contributed by atoms with E-state index in [1.165, 1.54) is 28.8 Å². The average molecular weight is 549 g/mol. The molecular formula is C28H25FN4O3S2. The van der Waals surface area contributed by atoms with Crippen molar-refractivity contribution in [3.63, 3.8) is 0 Å². The van der Waals surface area contributed by atoms with Gasteiger partial charge in [0.25, 0.3) is 5.91 Å². The molecule has 0 saturated carbocycles. The number of carbonyl (C=O) groups excluding carboxylic acids is 2. The Morgan fingerprint density at radius 1 is 1.13 bits per heavy atom. The highest BCUT2D eigenvalue weighted by molar-refractivity contribution is 8.25. The second kappa shape index (κ2) is 8.86. The number of halogens is 1. The van der Waals surface area contributed by atoms with Gasteiger partial charge in [-0.3, -0.25) is 24.4 Å². The number of hydrogen-bond acceptors (Lipinski definition) is 7. The SMILES string of the molecule is COc1ccc(CN2C(=O)[C@]3(SC2=S)[C@H](c2cccnc2)CN(C)[C@@]32C(=O)N(C)c3ccc(F)cc32)cc1. The van der Waals surface area contributed by atoms with Crippen LogP contribution in [0.4, 0.5) is 10.1 Å². The van der Waals surface area contributed by atoms with E-state index >= 15 is 0 Å². The number of ether oxygens (including phenoxy) is 1. The maximum absolute atomic E-state index is 14.8. The van der Waals surface area contributed by atoms with Gasteiger partial charge < -0.3 is 9.64 Å². The molecule has 3 atom stereocenters. The molecule has 2 aromatic carbocycles. The average Bonchev–Trinajstić information content (AvgIpc) is 3.43. The zero-order valence-corrected chi connectivity index (χ0v) is 22.7. The second-order valence-electron chi connectivity index (χ2n) is 9.80. The van der Waals surface area contributed by atoms with Gasteiger partial charge in [0.05, 0.1) is 13.7 Å². The fraction of sp³-hybridized carbons (Fsp3) is 0.286. The van der Waals surface area contributed by atoms with E-state index in [0.717, 1.165) is 11.1 Å². The molecule has 3 aliphatic heterocycles. The first-order valence-electron chi connectivity index (χ1n) is 12.1. The Labute approximate surface area is 229 Å². The van der Waals surface area contributed by atoms with Crippen molar-refractivity contribution in [2.24, 2.45) is 0 Å². The minimum atomic E-state index is -1.46. The van der Waals surface area contributed by atoms with E-state index in [4.69, 9.17) is 17.0 Å². The van der Waals surface area contributed by atoms with Gasteiger partial charge in [0.15, 0.2) is 5.54 Å². The molecule has 0 bridgehead atoms. The molecule has 2 fully saturated rings. The fourth-order valence-electron chi connectivity index (χ4n) is 6.30. The summed E-state index contributed by atoms with van der Waals surface area (Å²) in [6, 6.07) is 15.5. The van der Waals surface area contributed by atoms with Crippen LogP contribution in [0.3, 0.4) is 0 Å². The lowest BCUT2D eigenvalue weighted by atomic mass is 9.72. The summed E-state index contributed by atoms with van der Waals surface area (Å²) in [5, 5.41) is 0. The number of benzene rings is 2. The molecule has 6 rings (SSSR count). The largest absolute Gasteiger partial charge is 0.497 e. The highest BCUT2D eigenvalue weighted by Crippen LogP contribution is 2.66. The number of nitrogens with zero attached hydrogens (tertiary/aromatic N) is 4. The van der Waals surface area contributed by atoms with Crippen molar-refractivity contribution < 1.29 is 18.7 Å². The monoisotopic (exact) mass is 548 g/mol. The Hall–Kier alpha value is -3.34. The quantitative estimate of drug-likeness (QED) is 0.458. The van der Waals surface area contributed by atoms with Crippen LogP contribution < -0.4 is 9.64 Å². The number of carbonyl (C=O) groups is 2. The van der Waals surface area contributed by atoms with Crippen LogP contribution in [0.25, 0.3) is 0 Å². The maximum atomic E-state index is 14.8. The molecule has 4 heterocycles. The summed E-state index contributed by atoms with van der Waals surface area (Å²) in [5.74, 6) is -0.722. The number of fused-ring (bicyclic) bond motifs is 3. The molecule has 3 aliphatic rings. The van der Waals surface area contributed by atoms with Gasteiger partial charge in [-0.1, -0.05) is 42.2 Å². The third-order valence-corrected chi connectivity index (χ3v) is 9.94. The maximum Gasteiger partial charge on any atom is 0.254 e. The third kappa shape index (κ3) is 3.17. The summed E-state index contributed by atoms with van der Waals surface area (Å²) in [6.45, 7) is 0.634. The predicted molar refractivity (Wildman–Crippen MR) is 148 cm³/mol. The number of amides is 2. The van der Waals surface area contributed by atoms with Crippen molar-refractivity contribution in [1.29, 1.82) is 0 Å². The van der Waals surface area contributed by atoms with E-state index in [0.29, 0.717) is 27.9 Å². The number of pyridine rings is 1. The van der Waals surface area contributed by atoms with Crippen LogP contribution in [0.15, 0.2) is 67.0 Å². The van der Waals surface area contributed by atoms with Gasteiger partial charge in [0, 0.05) is 43.2 Å². The molecule has 0 radical (unpaired) electrons. The molecule has 38 heavy (non-hydrogen) atoms. The molecule has 3 aromatic rings. The summed E-state index contributed by atoms with van der Waals surface area (Å²) in [6.07, 6.45) is 3.41. The predicted octanol–water partition coefficient (Wildman–Crippen LogP) is 3.93. The van der Waals surface area contributed by atoms with Crippen LogP contribution in [0.1, 0.15) is 22.6 Å². The Morgan fingerprint density at radius 3 is 2.58 bits per heavy atom. The number of rotatable bonds is 4. The number of methoxy groups -OCH3 is 1. The molecule has 10 heteroatoms. The van der Waals surface area contributed by atoms with E-state index in [1.807, 2.05) is 48.3 Å². The Bertz CT molecular complexity index is 1470. The summed E-state index contributed by atoms with van der Waals surface area (Å²) >= 11 is 7.08. The number of thioether (sulfide) groups is 1. The fourth-order valence-corrected chi connectivity index (χ4v) is 8.43. The van der Waals surface area contributed by atoms with Crippen LogP contribution >= 0.6 is 24.0 Å². The van der Waals surface area contributed by atoms with Crippen LogP contribution in [-0.4, -0.2) is 63.4 Å². The first kappa shape index (κ1) is 25.0. The van der Waals surface area contributed by atoms with Crippen LogP contribution in [0, 0.1) is 5.82 Å². The molecule has 1 aromatic heterocycles. The first-order valence-corrected chi connectivity index (χ1v) is 13.4. The summed E-state index contributed by atoms with van der Waals surface area (Å²) in [5.41, 5.74) is 1.31. The third-order valence-electron chi connectivity index (χ3n) is 8.00. The van der Waals surface area contributed by atoms with Crippen molar-refractivity contribution in [3.8, 4) is 5.75 Å². The summed E-state index contributed by atoms with van der Waals surface area (Å²) in [7, 11) is 5.09. The zero-order valence-electron chi connectivity index (χ0n) is 21.1. The topological polar surface area (TPSA) is 66.0 Å². The Balaban J connectivity index is 1.56. The molecule has 0 unspecified atom stereocenters. The second-order valence-corrected chi connectivity index (χ2v) is 11.7. The van der Waals surface area contributed by atoms with E-state index in [-0.39, 0.29) is 18.4 Å². The van der Waals surface area contributed by atoms with E-state index in [1.54, 1.807) is 37.5 Å². The Kier molecular flexibility index (Phi) is 5.82. The normalized spacial score (nSPS) is 26.7. The number of hydrogen-bond donors (Lipinski definition) is 0. The lowest BCUT2D eigenvalue weighted by molar-refractivity contribution is -0.139. The van der Waals surface area contributed by atoms with E-state index in [2.05, 4.69) is 4.98 Å². The lowest BCUT2D eigenvalue weighted by Gasteiger charge is -2.42. The van der Waals surface area contributed by atoms with Gasteiger partial charge in [0.2, 0.25) is 5.91 Å². The van der Waals surface area contributed by atoms with Crippen molar-refractivity contribution in [1.82, 2.24) is 14.8 Å². The van der Waals surface area contributed by atoms with Crippen molar-refractivity contribution in [2.45, 2.75) is 22.7 Å². The number of thiocarbonyl (C=S) groups is 1. The van der Waals surface area contributed by atoms with Crippen LogP contribution in [0.2, 0.25) is 0 Å². The summed E-state index contributed by atoms with van der Waals surface area (Å²) in [4.78, 5) is 38.4. The highest BCUT2D eigenvalue weighted by Gasteiger charge is 2.78. The number of likely N-dealkylation sites (tertiary alicyclic amines) is 1. The molecule has 194 valence electrons. The minimum absolute atomic E-state index is 0.246. The smallest absolute Gasteiger partial charge is 0.254 e. The van der Waals surface area contributed by atoms with Gasteiger partial charge in [-0.25, -0.2) is 4.39 Å². The standard InChI is InChI=1S/C28H25FN4O3S2/c1-31-16-22(18-5-4-12-30-14-18)28(27(31)21-13-19(29)8-11-23(21)32(2)24(27)34)25(35)33(26(37)38-28)15-17-6-9-20(36-3)10-7-17/h4-14,22H,15-16H2,1-3H3/t22-,27-,28+/m0/s1. The van der Waals surface area contributed by atoms with Gasteiger partial charge in [-0.2, -0.15) is 0 Å². The van der Waals surface area contributed by atoms with Crippen molar-refractivity contribution >= 4 is 45.8 Å². The van der Waals surface area contributed by atoms with Crippen molar-refractivity contribution in [2.75, 3.05) is 32.6 Å². The molecule has 2 amide bonds. The lowest BCUT2D eigenvalue weighted by Crippen LogP contribution is -2.62. The molecule has 2 saturated heterocycles. The zero-order chi connectivity index (χ0) is 26.8. The molecule has 2 spiro atoms. The first-order chi connectivity index (χ1) is 18.3. The van der Waals surface area contributed by atoms with E-state index in [9.17, 15) is 14.0 Å². The Morgan fingerprint density at radius 2 is 1.89 bits per heavy atom. The van der Waals surface area contributed by atoms with Gasteiger partial charge >= 0.3 is 0 Å². The van der Waals surface area contributed by atoms with Gasteiger partial charge in [-0.05, 0) is 54.6 Å². The molecule has 0 aliphatic carbocycles. The highest BCUT2D eigenvalue weighted by atomic mass is 32.2. The molecular weight excluding hydrogens is 523 g/mol. The molecule has 0 N–H and O–H groups in total. The number of anilines is 1. The van der Waals surface area contributed by atoms with Gasteiger partial charge in [-0.15, -0.1) is 0 Å². The van der Waals surface area contributed by atoms with Gasteiger partial charge in [0.1, 0.15) is 20.6 Å². The van der Waals surface area contributed by atoms with E-state index < -0.39 is 22.0 Å². The van der Waals surface area contributed by atoms with Crippen LogP contribution in [0.5, 0.6) is 5.75 Å². The summed E-state index contributed by atoms with van der Waals surface area (Å²) < 4.78 is 19.1. The number of aromatic nitrogens is 1. The molecule has 7 nitrogen and oxygen atoms in total.